The van der Waals surface area contributed by atoms with Crippen LogP contribution in [0.3, 0.4) is 0 Å². The first-order valence-electron chi connectivity index (χ1n) is 6.37. The first-order chi connectivity index (χ1) is 7.75. The zero-order chi connectivity index (χ0) is 11.4. The van der Waals surface area contributed by atoms with Gasteiger partial charge in [-0.3, -0.25) is 5.10 Å². The molecule has 1 unspecified atom stereocenters. The molecule has 1 saturated carbocycles. The van der Waals surface area contributed by atoms with Crippen LogP contribution in [0.1, 0.15) is 44.3 Å². The summed E-state index contributed by atoms with van der Waals surface area (Å²) >= 11 is 0. The largest absolute Gasteiger partial charge is 0.314 e. The van der Waals surface area contributed by atoms with Gasteiger partial charge in [0, 0.05) is 19.0 Å². The topological polar surface area (TPSA) is 53.6 Å². The number of rotatable bonds is 5. The minimum Gasteiger partial charge on any atom is -0.314 e. The van der Waals surface area contributed by atoms with E-state index in [1.807, 2.05) is 6.92 Å². The van der Waals surface area contributed by atoms with Crippen LogP contribution in [0.15, 0.2) is 0 Å². The summed E-state index contributed by atoms with van der Waals surface area (Å²) in [5.41, 5.74) is 0. The van der Waals surface area contributed by atoms with Gasteiger partial charge < -0.3 is 5.32 Å². The first kappa shape index (κ1) is 11.6. The van der Waals surface area contributed by atoms with Gasteiger partial charge >= 0.3 is 0 Å². The van der Waals surface area contributed by atoms with Gasteiger partial charge in [0.05, 0.1) is 0 Å². The van der Waals surface area contributed by atoms with Crippen molar-refractivity contribution in [2.45, 2.75) is 52.0 Å². The van der Waals surface area contributed by atoms with Gasteiger partial charge in [0.25, 0.3) is 0 Å². The fourth-order valence-corrected chi connectivity index (χ4v) is 2.54. The molecule has 2 rings (SSSR count). The van der Waals surface area contributed by atoms with Crippen LogP contribution in [0.4, 0.5) is 0 Å². The van der Waals surface area contributed by atoms with Crippen LogP contribution in [0, 0.1) is 12.8 Å². The average molecular weight is 222 g/mol. The molecule has 1 fully saturated rings. The van der Waals surface area contributed by atoms with E-state index in [2.05, 4.69) is 27.4 Å². The summed E-state index contributed by atoms with van der Waals surface area (Å²) in [5, 5.41) is 10.6. The number of aryl methyl sites for hydroxylation is 1. The number of hydrogen-bond acceptors (Lipinski definition) is 3. The lowest BCUT2D eigenvalue weighted by atomic mass is 10.00. The smallest absolute Gasteiger partial charge is 0.151 e. The molecule has 0 aliphatic heterocycles. The fraction of sp³-hybridized carbons (Fsp3) is 0.833. The highest BCUT2D eigenvalue weighted by atomic mass is 15.2. The summed E-state index contributed by atoms with van der Waals surface area (Å²) in [6.45, 7) is 5.22. The molecule has 1 aromatic rings. The molecule has 1 aliphatic rings. The van der Waals surface area contributed by atoms with Crippen LogP contribution >= 0.6 is 0 Å². The Balaban J connectivity index is 1.67. The average Bonchev–Trinajstić information content (AvgIpc) is 2.89. The zero-order valence-electron chi connectivity index (χ0n) is 10.3. The van der Waals surface area contributed by atoms with Gasteiger partial charge in [-0.05, 0) is 32.6 Å². The van der Waals surface area contributed by atoms with Crippen molar-refractivity contribution in [2.24, 2.45) is 5.92 Å². The molecule has 0 amide bonds. The van der Waals surface area contributed by atoms with E-state index in [0.29, 0.717) is 6.04 Å². The molecular formula is C12H22N4. The second kappa shape index (κ2) is 5.43. The van der Waals surface area contributed by atoms with Crippen molar-refractivity contribution in [3.63, 3.8) is 0 Å². The molecule has 4 nitrogen and oxygen atoms in total. The second-order valence-corrected chi connectivity index (χ2v) is 4.87. The Labute approximate surface area is 97.2 Å². The van der Waals surface area contributed by atoms with Gasteiger partial charge in [-0.15, -0.1) is 0 Å². The highest BCUT2D eigenvalue weighted by Crippen LogP contribution is 2.27. The molecule has 0 aromatic carbocycles. The summed E-state index contributed by atoms with van der Waals surface area (Å²) in [5.74, 6) is 2.70. The van der Waals surface area contributed by atoms with E-state index in [0.717, 1.165) is 30.5 Å². The van der Waals surface area contributed by atoms with Crippen molar-refractivity contribution in [1.82, 2.24) is 20.5 Å². The van der Waals surface area contributed by atoms with Crippen molar-refractivity contribution < 1.29 is 0 Å². The van der Waals surface area contributed by atoms with Gasteiger partial charge in [0.2, 0.25) is 0 Å². The number of nitrogens with zero attached hydrogens (tertiary/aromatic N) is 2. The van der Waals surface area contributed by atoms with E-state index in [-0.39, 0.29) is 0 Å². The Morgan fingerprint density at radius 1 is 1.44 bits per heavy atom. The molecular weight excluding hydrogens is 200 g/mol. The Kier molecular flexibility index (Phi) is 3.93. The van der Waals surface area contributed by atoms with Crippen molar-refractivity contribution in [1.29, 1.82) is 0 Å². The normalized spacial score (nSPS) is 19.1. The third kappa shape index (κ3) is 3.04. The first-order valence-corrected chi connectivity index (χ1v) is 6.37. The number of aromatic amines is 1. The molecule has 16 heavy (non-hydrogen) atoms. The Hall–Kier alpha value is -0.900. The molecule has 0 radical (unpaired) electrons. The maximum Gasteiger partial charge on any atom is 0.151 e. The van der Waals surface area contributed by atoms with E-state index < -0.39 is 0 Å². The molecule has 2 N–H and O–H groups in total. The molecule has 90 valence electrons. The fourth-order valence-electron chi connectivity index (χ4n) is 2.54. The summed E-state index contributed by atoms with van der Waals surface area (Å²) in [6, 6.07) is 0.641. The van der Waals surface area contributed by atoms with Crippen LogP contribution in [-0.2, 0) is 6.42 Å². The van der Waals surface area contributed by atoms with Gasteiger partial charge in [-0.2, -0.15) is 5.10 Å². The van der Waals surface area contributed by atoms with E-state index in [4.69, 9.17) is 0 Å². The lowest BCUT2D eigenvalue weighted by Crippen LogP contribution is -2.33. The third-order valence-electron chi connectivity index (χ3n) is 3.57. The standard InChI is InChI=1S/C12H22N4/c1-9(11-5-3-4-6-11)13-8-7-12-14-10(2)15-16-12/h9,11,13H,3-8H2,1-2H3,(H,14,15,16). The van der Waals surface area contributed by atoms with Gasteiger partial charge in [-0.25, -0.2) is 4.98 Å². The highest BCUT2D eigenvalue weighted by Gasteiger charge is 2.20. The Morgan fingerprint density at radius 2 is 2.19 bits per heavy atom. The lowest BCUT2D eigenvalue weighted by Gasteiger charge is -2.19. The molecule has 0 bridgehead atoms. The van der Waals surface area contributed by atoms with Gasteiger partial charge in [0.1, 0.15) is 5.82 Å². The third-order valence-corrected chi connectivity index (χ3v) is 3.57. The predicted molar refractivity (Wildman–Crippen MR) is 64.2 cm³/mol. The maximum atomic E-state index is 4.30. The van der Waals surface area contributed by atoms with E-state index in [1.54, 1.807) is 0 Å². The Morgan fingerprint density at radius 3 is 2.81 bits per heavy atom. The van der Waals surface area contributed by atoms with Crippen LogP contribution < -0.4 is 5.32 Å². The molecule has 1 heterocycles. The van der Waals surface area contributed by atoms with E-state index in [9.17, 15) is 0 Å². The minimum absolute atomic E-state index is 0.641. The number of H-pyrrole nitrogens is 1. The quantitative estimate of drug-likeness (QED) is 0.799. The van der Waals surface area contributed by atoms with Crippen LogP contribution in [0.25, 0.3) is 0 Å². The summed E-state index contributed by atoms with van der Waals surface area (Å²) in [7, 11) is 0. The van der Waals surface area contributed by atoms with Crippen molar-refractivity contribution in [3.05, 3.63) is 11.6 Å². The SMILES string of the molecule is Cc1nc(CCNC(C)C2CCCC2)n[nH]1. The summed E-state index contributed by atoms with van der Waals surface area (Å²) < 4.78 is 0. The predicted octanol–water partition coefficient (Wildman–Crippen LogP) is 1.82. The number of hydrogen-bond donors (Lipinski definition) is 2. The molecule has 4 heteroatoms. The molecule has 0 saturated heterocycles. The lowest BCUT2D eigenvalue weighted by molar-refractivity contribution is 0.383. The van der Waals surface area contributed by atoms with E-state index >= 15 is 0 Å². The van der Waals surface area contributed by atoms with Crippen molar-refractivity contribution in [2.75, 3.05) is 6.54 Å². The van der Waals surface area contributed by atoms with Crippen LogP contribution in [0.5, 0.6) is 0 Å². The molecule has 0 spiro atoms. The number of nitrogens with one attached hydrogen (secondary N) is 2. The van der Waals surface area contributed by atoms with Crippen LogP contribution in [-0.4, -0.2) is 27.8 Å². The minimum atomic E-state index is 0.641. The molecule has 1 aromatic heterocycles. The monoisotopic (exact) mass is 222 g/mol. The van der Waals surface area contributed by atoms with Crippen molar-refractivity contribution in [3.8, 4) is 0 Å². The van der Waals surface area contributed by atoms with Crippen molar-refractivity contribution >= 4 is 0 Å². The second-order valence-electron chi connectivity index (χ2n) is 4.87. The van der Waals surface area contributed by atoms with Gasteiger partial charge in [0.15, 0.2) is 5.82 Å². The Bertz CT molecular complexity index is 315. The highest BCUT2D eigenvalue weighted by molar-refractivity contribution is 4.88. The van der Waals surface area contributed by atoms with Gasteiger partial charge in [-0.1, -0.05) is 12.8 Å². The molecule has 1 atom stereocenters. The summed E-state index contributed by atoms with van der Waals surface area (Å²) in [6.07, 6.45) is 6.54. The molecule has 1 aliphatic carbocycles. The maximum absolute atomic E-state index is 4.30. The summed E-state index contributed by atoms with van der Waals surface area (Å²) in [4.78, 5) is 4.30. The van der Waals surface area contributed by atoms with Crippen LogP contribution in [0.2, 0.25) is 0 Å². The van der Waals surface area contributed by atoms with E-state index in [1.165, 1.54) is 25.7 Å². The number of aromatic nitrogens is 3. The zero-order valence-corrected chi connectivity index (χ0v) is 10.3.